The van der Waals surface area contributed by atoms with Crippen LogP contribution in [0.2, 0.25) is 0 Å². The van der Waals surface area contributed by atoms with Gasteiger partial charge in [0.2, 0.25) is 0 Å². The SMILES string of the molecule is CC(C)c1cc(C(=O)N(C)c2ccc3[nH]ccc3c2)c(O)cc1O. The summed E-state index contributed by atoms with van der Waals surface area (Å²) >= 11 is 0. The molecule has 5 nitrogen and oxygen atoms in total. The van der Waals surface area contributed by atoms with E-state index < -0.39 is 0 Å². The van der Waals surface area contributed by atoms with Gasteiger partial charge in [-0.05, 0) is 41.8 Å². The lowest BCUT2D eigenvalue weighted by atomic mass is 9.98. The standard InChI is InChI=1S/C19H20N2O3/c1-11(2)14-9-15(18(23)10-17(14)22)19(24)21(3)13-4-5-16-12(8-13)6-7-20-16/h4-11,20,22-23H,1-3H3. The van der Waals surface area contributed by atoms with Crippen molar-refractivity contribution in [1.29, 1.82) is 0 Å². The van der Waals surface area contributed by atoms with Crippen molar-refractivity contribution in [3.8, 4) is 11.5 Å². The van der Waals surface area contributed by atoms with Gasteiger partial charge in [-0.15, -0.1) is 0 Å². The van der Waals surface area contributed by atoms with E-state index in [2.05, 4.69) is 4.98 Å². The van der Waals surface area contributed by atoms with Crippen LogP contribution in [0.25, 0.3) is 10.9 Å². The van der Waals surface area contributed by atoms with Crippen LogP contribution in [0.5, 0.6) is 11.5 Å². The fourth-order valence-electron chi connectivity index (χ4n) is 2.77. The van der Waals surface area contributed by atoms with Crippen molar-refractivity contribution in [3.05, 3.63) is 53.7 Å². The number of phenols is 2. The maximum Gasteiger partial charge on any atom is 0.261 e. The number of nitrogens with one attached hydrogen (secondary N) is 1. The van der Waals surface area contributed by atoms with Gasteiger partial charge in [-0.25, -0.2) is 0 Å². The van der Waals surface area contributed by atoms with Crippen molar-refractivity contribution in [1.82, 2.24) is 4.98 Å². The second-order valence-electron chi connectivity index (χ2n) is 6.20. The average molecular weight is 324 g/mol. The van der Waals surface area contributed by atoms with Gasteiger partial charge in [0.05, 0.1) is 5.56 Å². The van der Waals surface area contributed by atoms with Crippen LogP contribution in [0.15, 0.2) is 42.6 Å². The molecule has 3 N–H and O–H groups in total. The molecule has 0 saturated carbocycles. The van der Waals surface area contributed by atoms with Gasteiger partial charge in [0.1, 0.15) is 11.5 Å². The van der Waals surface area contributed by atoms with E-state index in [1.165, 1.54) is 11.0 Å². The summed E-state index contributed by atoms with van der Waals surface area (Å²) in [6.45, 7) is 3.84. The minimum absolute atomic E-state index is 0.00422. The van der Waals surface area contributed by atoms with Crippen LogP contribution >= 0.6 is 0 Å². The predicted octanol–water partition coefficient (Wildman–Crippen LogP) is 3.98. The Morgan fingerprint density at radius 2 is 1.83 bits per heavy atom. The Labute approximate surface area is 140 Å². The lowest BCUT2D eigenvalue weighted by Crippen LogP contribution is -2.26. The van der Waals surface area contributed by atoms with Crippen LogP contribution in [0.1, 0.15) is 35.7 Å². The molecule has 1 amide bonds. The van der Waals surface area contributed by atoms with Gasteiger partial charge in [0, 0.05) is 35.9 Å². The molecule has 124 valence electrons. The van der Waals surface area contributed by atoms with Crippen molar-refractivity contribution < 1.29 is 15.0 Å². The first kappa shape index (κ1) is 15.9. The zero-order chi connectivity index (χ0) is 17.4. The molecule has 0 unspecified atom stereocenters. The van der Waals surface area contributed by atoms with E-state index in [4.69, 9.17) is 0 Å². The molecule has 5 heteroatoms. The first-order chi connectivity index (χ1) is 11.4. The van der Waals surface area contributed by atoms with E-state index in [0.29, 0.717) is 5.56 Å². The molecule has 3 aromatic rings. The molecule has 0 fully saturated rings. The first-order valence-corrected chi connectivity index (χ1v) is 7.79. The Balaban J connectivity index is 1.99. The molecule has 0 aliphatic heterocycles. The van der Waals surface area contributed by atoms with Crippen molar-refractivity contribution in [2.45, 2.75) is 19.8 Å². The monoisotopic (exact) mass is 324 g/mol. The lowest BCUT2D eigenvalue weighted by molar-refractivity contribution is 0.0990. The van der Waals surface area contributed by atoms with Gasteiger partial charge < -0.3 is 20.1 Å². The Bertz CT molecular complexity index is 912. The smallest absolute Gasteiger partial charge is 0.261 e. The van der Waals surface area contributed by atoms with Crippen LogP contribution in [-0.2, 0) is 0 Å². The van der Waals surface area contributed by atoms with Crippen molar-refractivity contribution in [2.75, 3.05) is 11.9 Å². The van der Waals surface area contributed by atoms with Crippen LogP contribution in [0, 0.1) is 0 Å². The van der Waals surface area contributed by atoms with Gasteiger partial charge in [0.25, 0.3) is 5.91 Å². The highest BCUT2D eigenvalue weighted by molar-refractivity contribution is 6.08. The van der Waals surface area contributed by atoms with E-state index in [0.717, 1.165) is 16.6 Å². The fourth-order valence-corrected chi connectivity index (χ4v) is 2.77. The molecule has 0 aliphatic rings. The van der Waals surface area contributed by atoms with Crippen molar-refractivity contribution in [3.63, 3.8) is 0 Å². The summed E-state index contributed by atoms with van der Waals surface area (Å²) in [5, 5.41) is 21.0. The second kappa shape index (κ2) is 5.92. The third kappa shape index (κ3) is 2.69. The molecule has 1 aromatic heterocycles. The van der Waals surface area contributed by atoms with E-state index >= 15 is 0 Å². The molecule has 0 spiro atoms. The number of phenolic OH excluding ortho intramolecular Hbond substituents is 2. The summed E-state index contributed by atoms with van der Waals surface area (Å²) in [6, 6.07) is 10.4. The molecular weight excluding hydrogens is 304 g/mol. The zero-order valence-corrected chi connectivity index (χ0v) is 13.9. The molecule has 2 aromatic carbocycles. The molecule has 0 bridgehead atoms. The van der Waals surface area contributed by atoms with Gasteiger partial charge >= 0.3 is 0 Å². The summed E-state index contributed by atoms with van der Waals surface area (Å²) in [7, 11) is 1.66. The Kier molecular flexibility index (Phi) is 3.93. The zero-order valence-electron chi connectivity index (χ0n) is 13.9. The normalized spacial score (nSPS) is 11.2. The summed E-state index contributed by atoms with van der Waals surface area (Å²) in [6.07, 6.45) is 1.84. The molecule has 24 heavy (non-hydrogen) atoms. The van der Waals surface area contributed by atoms with Crippen LogP contribution < -0.4 is 4.90 Å². The number of aromatic nitrogens is 1. The highest BCUT2D eigenvalue weighted by atomic mass is 16.3. The Morgan fingerprint density at radius 1 is 1.08 bits per heavy atom. The maximum atomic E-state index is 12.8. The van der Waals surface area contributed by atoms with Gasteiger partial charge in [-0.2, -0.15) is 0 Å². The van der Waals surface area contributed by atoms with E-state index in [1.54, 1.807) is 13.1 Å². The Hall–Kier alpha value is -2.95. The number of aromatic hydroxyl groups is 2. The van der Waals surface area contributed by atoms with E-state index in [1.807, 2.05) is 44.3 Å². The Morgan fingerprint density at radius 3 is 2.54 bits per heavy atom. The van der Waals surface area contributed by atoms with E-state index in [-0.39, 0.29) is 28.9 Å². The second-order valence-corrected chi connectivity index (χ2v) is 6.20. The molecule has 0 aliphatic carbocycles. The number of benzene rings is 2. The lowest BCUT2D eigenvalue weighted by Gasteiger charge is -2.19. The number of anilines is 1. The number of rotatable bonds is 3. The highest BCUT2D eigenvalue weighted by Gasteiger charge is 2.21. The number of carbonyl (C=O) groups excluding carboxylic acids is 1. The number of nitrogens with zero attached hydrogens (tertiary/aromatic N) is 1. The first-order valence-electron chi connectivity index (χ1n) is 7.79. The topological polar surface area (TPSA) is 76.6 Å². The molecule has 1 heterocycles. The maximum absolute atomic E-state index is 12.8. The number of fused-ring (bicyclic) bond motifs is 1. The summed E-state index contributed by atoms with van der Waals surface area (Å²) in [5.74, 6) is -0.519. The minimum atomic E-state index is -0.329. The van der Waals surface area contributed by atoms with Crippen LogP contribution in [-0.4, -0.2) is 28.2 Å². The fraction of sp³-hybridized carbons (Fsp3) is 0.211. The molecule has 0 atom stereocenters. The number of carbonyl (C=O) groups is 1. The predicted molar refractivity (Wildman–Crippen MR) is 94.9 cm³/mol. The number of hydrogen-bond acceptors (Lipinski definition) is 3. The quantitative estimate of drug-likeness (QED) is 0.682. The number of amides is 1. The molecule has 3 rings (SSSR count). The van der Waals surface area contributed by atoms with Crippen molar-refractivity contribution in [2.24, 2.45) is 0 Å². The van der Waals surface area contributed by atoms with E-state index in [9.17, 15) is 15.0 Å². The van der Waals surface area contributed by atoms with Crippen LogP contribution in [0.4, 0.5) is 5.69 Å². The molecule has 0 radical (unpaired) electrons. The molecular formula is C19H20N2O3. The van der Waals surface area contributed by atoms with Gasteiger partial charge in [-0.1, -0.05) is 13.8 Å². The summed E-state index contributed by atoms with van der Waals surface area (Å²) in [4.78, 5) is 17.4. The third-order valence-electron chi connectivity index (χ3n) is 4.23. The van der Waals surface area contributed by atoms with Gasteiger partial charge in [0.15, 0.2) is 0 Å². The number of aromatic amines is 1. The largest absolute Gasteiger partial charge is 0.508 e. The summed E-state index contributed by atoms with van der Waals surface area (Å²) in [5.41, 5.74) is 2.53. The number of H-pyrrole nitrogens is 1. The third-order valence-corrected chi connectivity index (χ3v) is 4.23. The summed E-state index contributed by atoms with van der Waals surface area (Å²) < 4.78 is 0. The average Bonchev–Trinajstić information content (AvgIpc) is 3.00. The number of hydrogen-bond donors (Lipinski definition) is 3. The molecule has 0 saturated heterocycles. The minimum Gasteiger partial charge on any atom is -0.508 e. The van der Waals surface area contributed by atoms with Crippen molar-refractivity contribution >= 4 is 22.5 Å². The van der Waals surface area contributed by atoms with Crippen LogP contribution in [0.3, 0.4) is 0 Å². The highest BCUT2D eigenvalue weighted by Crippen LogP contribution is 2.33. The van der Waals surface area contributed by atoms with Gasteiger partial charge in [-0.3, -0.25) is 4.79 Å².